The summed E-state index contributed by atoms with van der Waals surface area (Å²) < 4.78 is 5.71. The molecule has 104 valence electrons. The van der Waals surface area contributed by atoms with E-state index >= 15 is 0 Å². The summed E-state index contributed by atoms with van der Waals surface area (Å²) in [5.41, 5.74) is 2.87. The number of hydrazine groups is 1. The first-order valence-electron chi connectivity index (χ1n) is 6.47. The molecule has 0 saturated carbocycles. The largest absolute Gasteiger partial charge is 0.492 e. The van der Waals surface area contributed by atoms with Crippen LogP contribution in [0.2, 0.25) is 0 Å². The Balaban J connectivity index is 2.09. The number of nitrogens with two attached hydrogens (primary N) is 1. The van der Waals surface area contributed by atoms with Crippen LogP contribution in [0.25, 0.3) is 0 Å². The predicted molar refractivity (Wildman–Crippen MR) is 73.3 cm³/mol. The number of carbonyl (C=O) groups is 1. The average Bonchev–Trinajstić information content (AvgIpc) is 2.58. The molecular formula is C14H21N3O2. The molecule has 5 heteroatoms. The van der Waals surface area contributed by atoms with Gasteiger partial charge >= 0.3 is 0 Å². The number of carbonyl (C=O) groups excluding carboxylic acids is 1. The second kappa shape index (κ2) is 5.59. The summed E-state index contributed by atoms with van der Waals surface area (Å²) in [6.07, 6.45) is 0. The van der Waals surface area contributed by atoms with Gasteiger partial charge in [0.2, 0.25) is 5.91 Å². The lowest BCUT2D eigenvalue weighted by Gasteiger charge is -2.29. The molecule has 0 unspecified atom stereocenters. The first kappa shape index (κ1) is 13.8. The van der Waals surface area contributed by atoms with Crippen LogP contribution in [-0.2, 0) is 11.3 Å². The van der Waals surface area contributed by atoms with Gasteiger partial charge in [0.25, 0.3) is 0 Å². The van der Waals surface area contributed by atoms with Crippen LogP contribution in [0.1, 0.15) is 19.4 Å². The number of hydrogen-bond acceptors (Lipinski definition) is 4. The molecule has 0 fully saturated rings. The first-order chi connectivity index (χ1) is 9.03. The van der Waals surface area contributed by atoms with E-state index in [1.165, 1.54) is 0 Å². The van der Waals surface area contributed by atoms with E-state index < -0.39 is 5.41 Å². The molecule has 0 aromatic heterocycles. The average molecular weight is 263 g/mol. The van der Waals surface area contributed by atoms with Crippen molar-refractivity contribution in [3.8, 4) is 5.75 Å². The Hall–Kier alpha value is -1.59. The molecule has 5 nitrogen and oxygen atoms in total. The van der Waals surface area contributed by atoms with Gasteiger partial charge in [-0.15, -0.1) is 0 Å². The molecule has 1 aromatic rings. The van der Waals surface area contributed by atoms with Crippen molar-refractivity contribution in [3.63, 3.8) is 0 Å². The minimum absolute atomic E-state index is 0.147. The predicted octanol–water partition coefficient (Wildman–Crippen LogP) is 0.897. The van der Waals surface area contributed by atoms with Gasteiger partial charge in [-0.3, -0.25) is 15.1 Å². The Labute approximate surface area is 113 Å². The fourth-order valence-corrected chi connectivity index (χ4v) is 2.34. The van der Waals surface area contributed by atoms with Crippen LogP contribution in [0.15, 0.2) is 24.3 Å². The highest BCUT2D eigenvalue weighted by Gasteiger charge is 2.30. The van der Waals surface area contributed by atoms with E-state index in [0.29, 0.717) is 13.2 Å². The minimum Gasteiger partial charge on any atom is -0.492 e. The van der Waals surface area contributed by atoms with E-state index in [2.05, 4.69) is 16.4 Å². The Morgan fingerprint density at radius 1 is 1.47 bits per heavy atom. The highest BCUT2D eigenvalue weighted by atomic mass is 16.5. The summed E-state index contributed by atoms with van der Waals surface area (Å²) in [6.45, 7) is 6.66. The molecule has 0 saturated heterocycles. The zero-order chi connectivity index (χ0) is 13.9. The first-order valence-corrected chi connectivity index (χ1v) is 6.47. The minimum atomic E-state index is -0.520. The van der Waals surface area contributed by atoms with Crippen LogP contribution >= 0.6 is 0 Å². The quantitative estimate of drug-likeness (QED) is 0.483. The number of benzene rings is 1. The molecular weight excluding hydrogens is 242 g/mol. The molecule has 1 aliphatic rings. The summed E-state index contributed by atoms with van der Waals surface area (Å²) in [5, 5.41) is 0. The van der Waals surface area contributed by atoms with Crippen molar-refractivity contribution < 1.29 is 9.53 Å². The lowest BCUT2D eigenvalue weighted by Crippen LogP contribution is -2.47. The van der Waals surface area contributed by atoms with Gasteiger partial charge in [0.1, 0.15) is 12.4 Å². The van der Waals surface area contributed by atoms with Crippen molar-refractivity contribution in [1.29, 1.82) is 0 Å². The van der Waals surface area contributed by atoms with Crippen LogP contribution in [0.4, 0.5) is 0 Å². The molecule has 0 bridgehead atoms. The third kappa shape index (κ3) is 3.24. The summed E-state index contributed by atoms with van der Waals surface area (Å²) in [6, 6.07) is 8.02. The number of para-hydroxylation sites is 1. The number of rotatable bonds is 3. The van der Waals surface area contributed by atoms with E-state index in [-0.39, 0.29) is 5.91 Å². The number of nitrogens with zero attached hydrogens (tertiary/aromatic N) is 1. The van der Waals surface area contributed by atoms with Gasteiger partial charge in [0.05, 0.1) is 5.41 Å². The number of nitrogens with one attached hydrogen (secondary N) is 1. The van der Waals surface area contributed by atoms with Crippen LogP contribution in [0.3, 0.4) is 0 Å². The maximum atomic E-state index is 11.7. The molecule has 19 heavy (non-hydrogen) atoms. The molecule has 1 amide bonds. The molecule has 1 aromatic carbocycles. The smallest absolute Gasteiger partial charge is 0.240 e. The summed E-state index contributed by atoms with van der Waals surface area (Å²) in [5.74, 6) is 6.02. The van der Waals surface area contributed by atoms with Crippen molar-refractivity contribution in [2.24, 2.45) is 11.3 Å². The number of hydrogen-bond donors (Lipinski definition) is 2. The standard InChI is InChI=1S/C14H21N3O2/c1-14(2,13(18)16-15)10-17-7-8-19-12-6-4-3-5-11(12)9-17/h3-6H,7-10,15H2,1-2H3,(H,16,18). The van der Waals surface area contributed by atoms with Crippen molar-refractivity contribution in [2.45, 2.75) is 20.4 Å². The zero-order valence-electron chi connectivity index (χ0n) is 11.5. The fourth-order valence-electron chi connectivity index (χ4n) is 2.34. The van der Waals surface area contributed by atoms with Crippen LogP contribution in [0, 0.1) is 5.41 Å². The van der Waals surface area contributed by atoms with Gasteiger partial charge in [-0.05, 0) is 19.9 Å². The number of ether oxygens (including phenoxy) is 1. The highest BCUT2D eigenvalue weighted by molar-refractivity contribution is 5.81. The summed E-state index contributed by atoms with van der Waals surface area (Å²) in [7, 11) is 0. The number of amides is 1. The molecule has 1 aliphatic heterocycles. The molecule has 1 heterocycles. The molecule has 0 radical (unpaired) electrons. The Kier molecular flexibility index (Phi) is 4.07. The maximum Gasteiger partial charge on any atom is 0.240 e. The maximum absolute atomic E-state index is 11.7. The van der Waals surface area contributed by atoms with Crippen LogP contribution in [0.5, 0.6) is 5.75 Å². The molecule has 0 spiro atoms. The topological polar surface area (TPSA) is 67.6 Å². The van der Waals surface area contributed by atoms with Crippen molar-refractivity contribution >= 4 is 5.91 Å². The van der Waals surface area contributed by atoms with Crippen molar-refractivity contribution in [1.82, 2.24) is 10.3 Å². The third-order valence-corrected chi connectivity index (χ3v) is 3.40. The second-order valence-corrected chi connectivity index (χ2v) is 5.52. The molecule has 0 atom stereocenters. The summed E-state index contributed by atoms with van der Waals surface area (Å²) >= 11 is 0. The normalized spacial score (nSPS) is 16.2. The lowest BCUT2D eigenvalue weighted by molar-refractivity contribution is -0.130. The monoisotopic (exact) mass is 263 g/mol. The summed E-state index contributed by atoms with van der Waals surface area (Å²) in [4.78, 5) is 14.0. The van der Waals surface area contributed by atoms with E-state index in [1.807, 2.05) is 32.0 Å². The fraction of sp³-hybridized carbons (Fsp3) is 0.500. The van der Waals surface area contributed by atoms with Gasteiger partial charge < -0.3 is 4.74 Å². The Morgan fingerprint density at radius 2 is 2.21 bits per heavy atom. The van der Waals surface area contributed by atoms with E-state index in [9.17, 15) is 4.79 Å². The van der Waals surface area contributed by atoms with E-state index in [1.54, 1.807) is 0 Å². The van der Waals surface area contributed by atoms with Gasteiger partial charge in [0.15, 0.2) is 0 Å². The van der Waals surface area contributed by atoms with Gasteiger partial charge in [-0.1, -0.05) is 18.2 Å². The van der Waals surface area contributed by atoms with Crippen molar-refractivity contribution in [3.05, 3.63) is 29.8 Å². The lowest BCUT2D eigenvalue weighted by atomic mass is 9.91. The molecule has 3 N–H and O–H groups in total. The van der Waals surface area contributed by atoms with E-state index in [4.69, 9.17) is 10.6 Å². The SMILES string of the molecule is CC(C)(CN1CCOc2ccccc2C1)C(=O)NN. The highest BCUT2D eigenvalue weighted by Crippen LogP contribution is 2.25. The van der Waals surface area contributed by atoms with Gasteiger partial charge in [0, 0.05) is 25.2 Å². The van der Waals surface area contributed by atoms with E-state index in [0.717, 1.165) is 24.4 Å². The zero-order valence-corrected chi connectivity index (χ0v) is 11.5. The van der Waals surface area contributed by atoms with Crippen LogP contribution in [-0.4, -0.2) is 30.5 Å². The Bertz CT molecular complexity index is 460. The van der Waals surface area contributed by atoms with Crippen molar-refractivity contribution in [2.75, 3.05) is 19.7 Å². The number of fused-ring (bicyclic) bond motifs is 1. The molecule has 2 rings (SSSR count). The van der Waals surface area contributed by atoms with Gasteiger partial charge in [-0.2, -0.15) is 0 Å². The van der Waals surface area contributed by atoms with Gasteiger partial charge in [-0.25, -0.2) is 5.84 Å². The second-order valence-electron chi connectivity index (χ2n) is 5.52. The third-order valence-electron chi connectivity index (χ3n) is 3.40. The Morgan fingerprint density at radius 3 is 2.95 bits per heavy atom. The molecule has 0 aliphatic carbocycles. The van der Waals surface area contributed by atoms with Crippen LogP contribution < -0.4 is 16.0 Å².